The quantitative estimate of drug-likeness (QED) is 0.851. The number of amides is 1. The van der Waals surface area contributed by atoms with E-state index in [1.807, 2.05) is 0 Å². The maximum atomic E-state index is 13.1. The summed E-state index contributed by atoms with van der Waals surface area (Å²) in [7, 11) is 0. The van der Waals surface area contributed by atoms with Crippen molar-refractivity contribution in [1.82, 2.24) is 0 Å². The second kappa shape index (κ2) is 5.79. The highest BCUT2D eigenvalue weighted by molar-refractivity contribution is 6.31. The van der Waals surface area contributed by atoms with Gasteiger partial charge in [0.1, 0.15) is 18.2 Å². The largest absolute Gasteiger partial charge is 0.488 e. The van der Waals surface area contributed by atoms with Gasteiger partial charge in [-0.1, -0.05) is 11.6 Å². The first kappa shape index (κ1) is 14.1. The number of anilines is 1. The fourth-order valence-electron chi connectivity index (χ4n) is 1.67. The van der Waals surface area contributed by atoms with E-state index in [0.29, 0.717) is 16.3 Å². The van der Waals surface area contributed by atoms with E-state index in [1.165, 1.54) is 30.3 Å². The van der Waals surface area contributed by atoms with Crippen molar-refractivity contribution >= 4 is 23.2 Å². The molecule has 2 aromatic carbocycles. The molecule has 0 unspecified atom stereocenters. The molecule has 0 fully saturated rings. The smallest absolute Gasteiger partial charge is 0.252 e. The predicted octanol–water partition coefficient (Wildman–Crippen LogP) is 2.74. The summed E-state index contributed by atoms with van der Waals surface area (Å²) < 4.78 is 18.6. The van der Waals surface area contributed by atoms with E-state index >= 15 is 0 Å². The Labute approximate surface area is 120 Å². The maximum Gasteiger partial charge on any atom is 0.252 e. The molecule has 4 nitrogen and oxygen atoms in total. The van der Waals surface area contributed by atoms with Crippen LogP contribution in [0.5, 0.6) is 5.75 Å². The zero-order chi connectivity index (χ0) is 14.7. The summed E-state index contributed by atoms with van der Waals surface area (Å²) in [6.07, 6.45) is 0. The van der Waals surface area contributed by atoms with Crippen molar-refractivity contribution in [1.29, 1.82) is 0 Å². The molecule has 0 saturated heterocycles. The summed E-state index contributed by atoms with van der Waals surface area (Å²) in [5.74, 6) is -0.820. The van der Waals surface area contributed by atoms with Crippen LogP contribution in [0, 0.1) is 5.82 Å². The number of hydrogen-bond donors (Lipinski definition) is 2. The highest BCUT2D eigenvalue weighted by Crippen LogP contribution is 2.24. The average molecular weight is 295 g/mol. The van der Waals surface area contributed by atoms with Crippen molar-refractivity contribution in [3.8, 4) is 5.75 Å². The van der Waals surface area contributed by atoms with Crippen LogP contribution in [0.2, 0.25) is 5.02 Å². The van der Waals surface area contributed by atoms with Gasteiger partial charge in [0.05, 0.1) is 5.56 Å². The Morgan fingerprint density at radius 2 is 2.00 bits per heavy atom. The monoisotopic (exact) mass is 294 g/mol. The molecule has 0 atom stereocenters. The fourth-order valence-corrected chi connectivity index (χ4v) is 1.84. The van der Waals surface area contributed by atoms with Crippen LogP contribution in [0.4, 0.5) is 10.1 Å². The summed E-state index contributed by atoms with van der Waals surface area (Å²) in [4.78, 5) is 11.3. The van der Waals surface area contributed by atoms with Crippen LogP contribution in [0.3, 0.4) is 0 Å². The van der Waals surface area contributed by atoms with Crippen LogP contribution >= 0.6 is 11.6 Å². The lowest BCUT2D eigenvalue weighted by Crippen LogP contribution is -2.13. The predicted molar refractivity (Wildman–Crippen MR) is 75.1 cm³/mol. The van der Waals surface area contributed by atoms with E-state index in [2.05, 4.69) is 0 Å². The molecule has 0 saturated carbocycles. The molecule has 2 aromatic rings. The Balaban J connectivity index is 2.24. The first-order valence-corrected chi connectivity index (χ1v) is 6.11. The Bertz CT molecular complexity index is 662. The van der Waals surface area contributed by atoms with Crippen molar-refractivity contribution in [2.45, 2.75) is 6.61 Å². The van der Waals surface area contributed by atoms with E-state index in [0.717, 1.165) is 0 Å². The zero-order valence-corrected chi connectivity index (χ0v) is 11.2. The third-order valence-corrected chi connectivity index (χ3v) is 3.03. The number of nitrogens with two attached hydrogens (primary N) is 2. The third-order valence-electron chi connectivity index (χ3n) is 2.66. The lowest BCUT2D eigenvalue weighted by atomic mass is 10.1. The molecule has 0 aromatic heterocycles. The van der Waals surface area contributed by atoms with Crippen molar-refractivity contribution in [2.75, 3.05) is 5.73 Å². The lowest BCUT2D eigenvalue weighted by molar-refractivity contribution is 0.0996. The van der Waals surface area contributed by atoms with E-state index in [1.54, 1.807) is 6.07 Å². The van der Waals surface area contributed by atoms with Crippen molar-refractivity contribution < 1.29 is 13.9 Å². The summed E-state index contributed by atoms with van der Waals surface area (Å²) in [5.41, 5.74) is 12.0. The van der Waals surface area contributed by atoms with Crippen LogP contribution in [0.1, 0.15) is 15.9 Å². The van der Waals surface area contributed by atoms with Crippen LogP contribution in [-0.2, 0) is 6.61 Å². The summed E-state index contributed by atoms with van der Waals surface area (Å²) in [6, 6.07) is 8.44. The van der Waals surface area contributed by atoms with E-state index in [9.17, 15) is 9.18 Å². The molecule has 0 aliphatic heterocycles. The topological polar surface area (TPSA) is 78.3 Å². The van der Waals surface area contributed by atoms with Crippen molar-refractivity contribution in [2.24, 2.45) is 5.73 Å². The van der Waals surface area contributed by atoms with Gasteiger partial charge in [-0.3, -0.25) is 4.79 Å². The van der Waals surface area contributed by atoms with Gasteiger partial charge in [-0.15, -0.1) is 0 Å². The number of ether oxygens (including phenoxy) is 1. The number of carbonyl (C=O) groups excluding carboxylic acids is 1. The van der Waals surface area contributed by atoms with Crippen LogP contribution < -0.4 is 16.2 Å². The summed E-state index contributed by atoms with van der Waals surface area (Å²) in [5, 5.41) is 0.371. The number of hydrogen-bond acceptors (Lipinski definition) is 3. The molecule has 104 valence electrons. The molecule has 6 heteroatoms. The molecule has 1 amide bonds. The molecule has 0 aliphatic rings. The highest BCUT2D eigenvalue weighted by atomic mass is 35.5. The minimum absolute atomic E-state index is 0.000324. The van der Waals surface area contributed by atoms with Gasteiger partial charge in [-0.05, 0) is 30.3 Å². The molecular formula is C14H12ClFN2O2. The number of benzene rings is 2. The first-order chi connectivity index (χ1) is 9.47. The van der Waals surface area contributed by atoms with Crippen LogP contribution in [0.25, 0.3) is 0 Å². The van der Waals surface area contributed by atoms with Gasteiger partial charge in [0.15, 0.2) is 0 Å². The number of primary amides is 1. The van der Waals surface area contributed by atoms with Gasteiger partial charge >= 0.3 is 0 Å². The van der Waals surface area contributed by atoms with Crippen molar-refractivity contribution in [3.05, 3.63) is 58.4 Å². The molecular weight excluding hydrogens is 283 g/mol. The molecule has 0 radical (unpaired) electrons. The molecule has 0 heterocycles. The SMILES string of the molecule is NC(=O)c1ccc(N)cc1OCc1cc(F)ccc1Cl. The normalized spacial score (nSPS) is 10.3. The molecule has 2 rings (SSSR count). The Kier molecular flexibility index (Phi) is 4.10. The Morgan fingerprint density at radius 3 is 2.70 bits per heavy atom. The summed E-state index contributed by atoms with van der Waals surface area (Å²) in [6.45, 7) is 0.000324. The second-order valence-electron chi connectivity index (χ2n) is 4.14. The van der Waals surface area contributed by atoms with Gasteiger partial charge < -0.3 is 16.2 Å². The van der Waals surface area contributed by atoms with Gasteiger partial charge in [0.2, 0.25) is 0 Å². The Hall–Kier alpha value is -2.27. The molecule has 0 bridgehead atoms. The highest BCUT2D eigenvalue weighted by Gasteiger charge is 2.11. The van der Waals surface area contributed by atoms with E-state index in [-0.39, 0.29) is 17.9 Å². The summed E-state index contributed by atoms with van der Waals surface area (Å²) >= 11 is 5.93. The second-order valence-corrected chi connectivity index (χ2v) is 4.55. The fraction of sp³-hybridized carbons (Fsp3) is 0.0714. The maximum absolute atomic E-state index is 13.1. The zero-order valence-electron chi connectivity index (χ0n) is 10.4. The first-order valence-electron chi connectivity index (χ1n) is 5.73. The average Bonchev–Trinajstić information content (AvgIpc) is 2.39. The van der Waals surface area contributed by atoms with Crippen LogP contribution in [0.15, 0.2) is 36.4 Å². The van der Waals surface area contributed by atoms with Crippen LogP contribution in [-0.4, -0.2) is 5.91 Å². The standard InChI is InChI=1S/C14H12ClFN2O2/c15-12-4-1-9(16)5-8(12)7-20-13-6-10(17)2-3-11(13)14(18)19/h1-6H,7,17H2,(H2,18,19). The molecule has 20 heavy (non-hydrogen) atoms. The molecule has 4 N–H and O–H groups in total. The van der Waals surface area contributed by atoms with E-state index < -0.39 is 11.7 Å². The van der Waals surface area contributed by atoms with Gasteiger partial charge in [0.25, 0.3) is 5.91 Å². The van der Waals surface area contributed by atoms with Gasteiger partial charge in [0, 0.05) is 22.3 Å². The van der Waals surface area contributed by atoms with Gasteiger partial charge in [-0.2, -0.15) is 0 Å². The third kappa shape index (κ3) is 3.19. The number of halogens is 2. The number of rotatable bonds is 4. The molecule has 0 aliphatic carbocycles. The molecule has 0 spiro atoms. The van der Waals surface area contributed by atoms with E-state index in [4.69, 9.17) is 27.8 Å². The lowest BCUT2D eigenvalue weighted by Gasteiger charge is -2.11. The number of nitrogen functional groups attached to an aromatic ring is 1. The van der Waals surface area contributed by atoms with Gasteiger partial charge in [-0.25, -0.2) is 4.39 Å². The van der Waals surface area contributed by atoms with Crippen molar-refractivity contribution in [3.63, 3.8) is 0 Å². The minimum Gasteiger partial charge on any atom is -0.488 e. The number of carbonyl (C=O) groups is 1. The Morgan fingerprint density at radius 1 is 1.25 bits per heavy atom. The minimum atomic E-state index is -0.634.